The number of sulfonamides is 1. The fraction of sp³-hybridized carbons (Fsp3) is 0.537. The molecule has 1 aliphatic carbocycles. The van der Waals surface area contributed by atoms with Gasteiger partial charge in [0.25, 0.3) is 5.69 Å². The van der Waals surface area contributed by atoms with Gasteiger partial charge in [0.05, 0.1) is 23.0 Å². The third-order valence-corrected chi connectivity index (χ3v) is 14.9. The summed E-state index contributed by atoms with van der Waals surface area (Å²) in [6.45, 7) is 7.81. The van der Waals surface area contributed by atoms with E-state index in [-0.39, 0.29) is 30.0 Å². The van der Waals surface area contributed by atoms with Gasteiger partial charge in [0, 0.05) is 63.5 Å². The number of nitro groups is 1. The first kappa shape index (κ1) is 44.1. The Morgan fingerprint density at radius 1 is 0.921 bits per heavy atom. The molecule has 4 saturated heterocycles. The number of nitrogens with one attached hydrogen (secondary N) is 1. The number of hydrogen-bond donors (Lipinski definition) is 1. The van der Waals surface area contributed by atoms with E-state index in [0.717, 1.165) is 52.0 Å². The number of methoxy groups -OCH3 is 1. The molecule has 5 fully saturated rings. The van der Waals surface area contributed by atoms with Crippen LogP contribution in [0.3, 0.4) is 0 Å². The van der Waals surface area contributed by atoms with Gasteiger partial charge in [-0.1, -0.05) is 24.3 Å². The molecule has 5 aliphatic heterocycles. The second-order valence-corrected chi connectivity index (χ2v) is 18.0. The van der Waals surface area contributed by atoms with E-state index in [1.807, 2.05) is 6.07 Å². The predicted molar refractivity (Wildman–Crippen MR) is 209 cm³/mol. The van der Waals surface area contributed by atoms with Gasteiger partial charge < -0.3 is 47.9 Å². The number of piperidine rings is 1. The maximum atomic E-state index is 14.9. The third-order valence-electron chi connectivity index (χ3n) is 13.0. The minimum absolute atomic E-state index is 0.00895. The van der Waals surface area contributed by atoms with Crippen LogP contribution in [0.5, 0.6) is 0 Å². The Kier molecular flexibility index (Phi) is 11.1. The van der Waals surface area contributed by atoms with Crippen LogP contribution in [-0.4, -0.2) is 123 Å². The molecule has 2 aromatic rings. The summed E-state index contributed by atoms with van der Waals surface area (Å²) in [4.78, 5) is 75.0. The summed E-state index contributed by atoms with van der Waals surface area (Å²) in [6.07, 6.45) is -9.36. The molecule has 8 rings (SSSR count). The van der Waals surface area contributed by atoms with E-state index in [0.29, 0.717) is 11.3 Å². The number of benzene rings is 2. The minimum Gasteiger partial charge on any atom is -0.468 e. The molecule has 3 unspecified atom stereocenters. The molecule has 63 heavy (non-hydrogen) atoms. The van der Waals surface area contributed by atoms with Gasteiger partial charge in [0.1, 0.15) is 29.3 Å². The number of carbonyl (C=O) groups is 5. The number of esters is 5. The van der Waals surface area contributed by atoms with Crippen LogP contribution >= 0.6 is 0 Å². The van der Waals surface area contributed by atoms with Crippen molar-refractivity contribution in [2.24, 2.45) is 17.3 Å². The lowest BCUT2D eigenvalue weighted by Crippen LogP contribution is -2.73. The van der Waals surface area contributed by atoms with Crippen LogP contribution in [0.4, 0.5) is 11.4 Å². The van der Waals surface area contributed by atoms with Gasteiger partial charge in [-0.2, -0.15) is 4.31 Å². The molecular weight excluding hydrogens is 855 g/mol. The average molecular weight is 900 g/mol. The Morgan fingerprint density at radius 3 is 2.19 bits per heavy atom. The smallest absolute Gasteiger partial charge is 0.319 e. The maximum Gasteiger partial charge on any atom is 0.319 e. The van der Waals surface area contributed by atoms with E-state index in [9.17, 15) is 42.5 Å². The Labute approximate surface area is 360 Å². The predicted octanol–water partition coefficient (Wildman–Crippen LogP) is 2.21. The summed E-state index contributed by atoms with van der Waals surface area (Å²) in [6, 6.07) is 10.6. The second-order valence-electron chi connectivity index (χ2n) is 16.1. The molecule has 0 radical (unpaired) electrons. The first-order chi connectivity index (χ1) is 29.9. The zero-order valence-electron chi connectivity index (χ0n) is 34.7. The van der Waals surface area contributed by atoms with E-state index in [1.54, 1.807) is 18.2 Å². The number of hydrogen-bond acceptors (Lipinski definition) is 19. The molecule has 338 valence electrons. The van der Waals surface area contributed by atoms with Gasteiger partial charge in [-0.25, -0.2) is 8.42 Å². The number of rotatable bonds is 12. The van der Waals surface area contributed by atoms with Crippen LogP contribution in [0.1, 0.15) is 46.1 Å². The highest BCUT2D eigenvalue weighted by molar-refractivity contribution is 7.89. The SMILES string of the molecule is C=C[C@H]1[C@H](O[C@@H]2O[C@H](COC(C)=O)C(OC(C)=O)C(OC(C)=O)C2OC(C)=O)O[C@H]2O[C@@]34CCN(S(=O)(=O)c5ccc([N+](=O)[O-])cc5)[C@H]5C[C@@H]1[C@]2(C(=O)OC)[C@]53Nc1ccccc14. The summed E-state index contributed by atoms with van der Waals surface area (Å²) < 4.78 is 85.1. The van der Waals surface area contributed by atoms with Crippen LogP contribution in [0.2, 0.25) is 0 Å². The van der Waals surface area contributed by atoms with Gasteiger partial charge >= 0.3 is 29.8 Å². The molecule has 0 bridgehead atoms. The molecule has 13 atom stereocenters. The van der Waals surface area contributed by atoms with Crippen molar-refractivity contribution < 1.29 is 79.9 Å². The number of carbonyl (C=O) groups excluding carboxylic acids is 5. The number of nitrogens with zero attached hydrogens (tertiary/aromatic N) is 2. The first-order valence-corrected chi connectivity index (χ1v) is 21.5. The van der Waals surface area contributed by atoms with Crippen LogP contribution in [0.25, 0.3) is 0 Å². The van der Waals surface area contributed by atoms with Crippen LogP contribution in [0.15, 0.2) is 66.1 Å². The van der Waals surface area contributed by atoms with Crippen molar-refractivity contribution in [2.45, 2.75) is 106 Å². The van der Waals surface area contributed by atoms with Crippen molar-refractivity contribution in [3.63, 3.8) is 0 Å². The van der Waals surface area contributed by atoms with Crippen molar-refractivity contribution in [3.8, 4) is 0 Å². The zero-order valence-corrected chi connectivity index (χ0v) is 35.5. The Bertz CT molecular complexity index is 2360. The maximum absolute atomic E-state index is 14.9. The van der Waals surface area contributed by atoms with Crippen molar-refractivity contribution in [3.05, 3.63) is 76.9 Å². The first-order valence-electron chi connectivity index (χ1n) is 20.0. The Morgan fingerprint density at radius 2 is 1.57 bits per heavy atom. The number of non-ortho nitro benzene ring substituents is 1. The quantitative estimate of drug-likeness (QED) is 0.105. The number of nitro benzene ring substituents is 1. The molecule has 2 aromatic carbocycles. The topological polar surface area (TPSA) is 261 Å². The standard InChI is InChI=1S/C41H45N3O18S/c1-7-26-28-18-31-41-39(27-10-8-9-11-29(27)42-41,16-17-43(31)63(52,53)25-14-12-24(13-15-25)44(50)51)62-38(40(28,41)37(49)54-6)61-35(26)60-36-34(58-23(5)48)33(57-22(4)47)32(56-21(3)46)30(59-36)19-55-20(2)45/h7-15,26,28,30-36,38,42H,1,16-19H2,2-6H3/t26-,28+,30-,31+,32?,33?,34?,35-,36+,38+,39-,40-,41+/m1/s1. The van der Waals surface area contributed by atoms with Crippen molar-refractivity contribution in [1.82, 2.24) is 4.31 Å². The number of anilines is 1. The van der Waals surface area contributed by atoms with Gasteiger partial charge in [-0.3, -0.25) is 34.1 Å². The number of fused-ring (bicyclic) bond motifs is 1. The lowest BCUT2D eigenvalue weighted by atomic mass is 9.57. The molecule has 5 heterocycles. The molecule has 6 aliphatic rings. The van der Waals surface area contributed by atoms with Crippen LogP contribution in [0, 0.1) is 27.4 Å². The zero-order chi connectivity index (χ0) is 45.4. The highest BCUT2D eigenvalue weighted by Crippen LogP contribution is 2.77. The summed E-state index contributed by atoms with van der Waals surface area (Å²) in [5.41, 5.74) is -3.93. The summed E-state index contributed by atoms with van der Waals surface area (Å²) in [5.74, 6) is -6.06. The molecule has 21 nitrogen and oxygen atoms in total. The van der Waals surface area contributed by atoms with E-state index in [1.165, 1.54) is 17.5 Å². The molecule has 0 amide bonds. The average Bonchev–Trinajstić information content (AvgIpc) is 3.80. The van der Waals surface area contributed by atoms with E-state index in [4.69, 9.17) is 42.6 Å². The van der Waals surface area contributed by atoms with E-state index in [2.05, 4.69) is 11.9 Å². The largest absolute Gasteiger partial charge is 0.468 e. The fourth-order valence-electron chi connectivity index (χ4n) is 10.9. The lowest BCUT2D eigenvalue weighted by molar-refractivity contribution is -0.385. The molecular formula is C41H45N3O18S. The fourth-order valence-corrected chi connectivity index (χ4v) is 12.6. The van der Waals surface area contributed by atoms with Gasteiger partial charge in [0.15, 0.2) is 30.9 Å². The molecule has 1 spiro atoms. The monoisotopic (exact) mass is 899 g/mol. The number of ether oxygens (including phenoxy) is 9. The van der Waals surface area contributed by atoms with Crippen LogP contribution < -0.4 is 5.32 Å². The van der Waals surface area contributed by atoms with Crippen molar-refractivity contribution in [1.29, 1.82) is 0 Å². The van der Waals surface area contributed by atoms with Gasteiger partial charge in [-0.05, 0) is 37.0 Å². The summed E-state index contributed by atoms with van der Waals surface area (Å²) in [5, 5.41) is 15.1. The summed E-state index contributed by atoms with van der Waals surface area (Å²) in [7, 11) is -3.25. The van der Waals surface area contributed by atoms with E-state index < -0.39 is 129 Å². The van der Waals surface area contributed by atoms with Crippen LogP contribution in [-0.2, 0) is 82.2 Å². The highest BCUT2D eigenvalue weighted by Gasteiger charge is 2.91. The molecule has 0 aromatic heterocycles. The molecule has 1 N–H and O–H groups in total. The lowest BCUT2D eigenvalue weighted by Gasteiger charge is -2.54. The Balaban J connectivity index is 1.25. The minimum atomic E-state index is -4.44. The van der Waals surface area contributed by atoms with Crippen molar-refractivity contribution in [2.75, 3.05) is 25.6 Å². The number of para-hydroxylation sites is 1. The highest BCUT2D eigenvalue weighted by atomic mass is 32.2. The second kappa shape index (κ2) is 15.9. The summed E-state index contributed by atoms with van der Waals surface area (Å²) >= 11 is 0. The van der Waals surface area contributed by atoms with Crippen molar-refractivity contribution >= 4 is 51.2 Å². The normalized spacial score (nSPS) is 36.0. The third kappa shape index (κ3) is 6.51. The molecule has 22 heteroatoms. The van der Waals surface area contributed by atoms with E-state index >= 15 is 0 Å². The van der Waals surface area contributed by atoms with Gasteiger partial charge in [-0.15, -0.1) is 6.58 Å². The molecule has 1 saturated carbocycles. The Hall–Kier alpha value is -5.52. The van der Waals surface area contributed by atoms with Gasteiger partial charge in [0.2, 0.25) is 16.3 Å².